The van der Waals surface area contributed by atoms with Gasteiger partial charge in [0.25, 0.3) is 0 Å². The molecule has 8 heteroatoms. The first-order valence-electron chi connectivity index (χ1n) is 9.42. The van der Waals surface area contributed by atoms with Crippen molar-refractivity contribution in [3.05, 3.63) is 86.4 Å². The Balaban J connectivity index is 1.98. The number of hydrogen-bond acceptors (Lipinski definition) is 5. The summed E-state index contributed by atoms with van der Waals surface area (Å²) in [6.07, 6.45) is 2.71. The highest BCUT2D eigenvalue weighted by Gasteiger charge is 2.18. The zero-order valence-corrected chi connectivity index (χ0v) is 17.8. The first kappa shape index (κ1) is 20.7. The third kappa shape index (κ3) is 4.04. The second-order valence-corrected chi connectivity index (χ2v) is 7.38. The summed E-state index contributed by atoms with van der Waals surface area (Å²) >= 11 is 6.01. The smallest absolute Gasteiger partial charge is 0.236 e. The van der Waals surface area contributed by atoms with Gasteiger partial charge in [0.2, 0.25) is 11.3 Å². The maximum Gasteiger partial charge on any atom is 0.236 e. The summed E-state index contributed by atoms with van der Waals surface area (Å²) < 4.78 is 21.8. The van der Waals surface area contributed by atoms with E-state index in [9.17, 15) is 4.79 Å². The largest absolute Gasteiger partial charge is 0.481 e. The van der Waals surface area contributed by atoms with Crippen LogP contribution in [0.2, 0.25) is 5.02 Å². The van der Waals surface area contributed by atoms with Crippen molar-refractivity contribution in [2.24, 2.45) is 0 Å². The Morgan fingerprint density at radius 3 is 2.61 bits per heavy atom. The van der Waals surface area contributed by atoms with Crippen LogP contribution in [0.25, 0.3) is 28.6 Å². The molecule has 156 valence electrons. The summed E-state index contributed by atoms with van der Waals surface area (Å²) in [7, 11) is 1.47. The Labute approximate surface area is 182 Å². The minimum Gasteiger partial charge on any atom is -0.481 e. The lowest BCUT2D eigenvalue weighted by atomic mass is 10.1. The molecule has 0 saturated carbocycles. The third-order valence-electron chi connectivity index (χ3n) is 4.86. The maximum absolute atomic E-state index is 15.3. The van der Waals surface area contributed by atoms with Gasteiger partial charge in [0, 0.05) is 23.0 Å². The first-order valence-corrected chi connectivity index (χ1v) is 9.80. The van der Waals surface area contributed by atoms with Crippen molar-refractivity contribution in [3.63, 3.8) is 0 Å². The molecule has 3 aromatic heterocycles. The number of rotatable bonds is 4. The summed E-state index contributed by atoms with van der Waals surface area (Å²) in [6, 6.07) is 11.9. The summed E-state index contributed by atoms with van der Waals surface area (Å²) in [5, 5.41) is 4.89. The third-order valence-corrected chi connectivity index (χ3v) is 5.12. The van der Waals surface area contributed by atoms with E-state index >= 15 is 4.39 Å². The Kier molecular flexibility index (Phi) is 5.52. The topological polar surface area (TPSA) is 69.9 Å². The average Bonchev–Trinajstić information content (AvgIpc) is 2.76. The van der Waals surface area contributed by atoms with E-state index in [1.54, 1.807) is 43.3 Å². The van der Waals surface area contributed by atoms with Gasteiger partial charge in [-0.2, -0.15) is 5.10 Å². The standard InChI is InChI=1S/C23H18ClFN4O2/c1-13-10-19-22(27-14(13)2)23(30)21(28-29(19)17-6-4-16(24)5-7-17)18(25)11-15-8-9-26-20(12-15)31-3/h4-12H,1-3H3/b18-11-. The van der Waals surface area contributed by atoms with Gasteiger partial charge in [-0.25, -0.2) is 19.0 Å². The molecule has 4 aromatic rings. The maximum atomic E-state index is 15.3. The van der Waals surface area contributed by atoms with Crippen LogP contribution in [0.15, 0.2) is 53.5 Å². The van der Waals surface area contributed by atoms with Gasteiger partial charge in [-0.3, -0.25) is 4.79 Å². The molecule has 0 spiro atoms. The fourth-order valence-corrected chi connectivity index (χ4v) is 3.23. The highest BCUT2D eigenvalue weighted by Crippen LogP contribution is 2.23. The lowest BCUT2D eigenvalue weighted by molar-refractivity contribution is 0.398. The molecule has 0 aliphatic heterocycles. The normalized spacial score (nSPS) is 11.7. The molecule has 0 bridgehead atoms. The van der Waals surface area contributed by atoms with Crippen LogP contribution in [0, 0.1) is 13.8 Å². The van der Waals surface area contributed by atoms with Crippen LogP contribution < -0.4 is 10.2 Å². The quantitative estimate of drug-likeness (QED) is 0.454. The van der Waals surface area contributed by atoms with Crippen LogP contribution >= 0.6 is 11.6 Å². The van der Waals surface area contributed by atoms with Crippen molar-refractivity contribution in [2.75, 3.05) is 7.11 Å². The summed E-state index contributed by atoms with van der Waals surface area (Å²) in [5.41, 5.74) is 2.39. The van der Waals surface area contributed by atoms with E-state index in [0.29, 0.717) is 33.4 Å². The van der Waals surface area contributed by atoms with E-state index in [4.69, 9.17) is 16.3 Å². The molecule has 0 amide bonds. The minimum atomic E-state index is -0.789. The summed E-state index contributed by atoms with van der Waals surface area (Å²) in [4.78, 5) is 21.5. The molecule has 31 heavy (non-hydrogen) atoms. The van der Waals surface area contributed by atoms with Crippen LogP contribution in [0.5, 0.6) is 5.88 Å². The predicted molar refractivity (Wildman–Crippen MR) is 119 cm³/mol. The van der Waals surface area contributed by atoms with Crippen molar-refractivity contribution < 1.29 is 9.13 Å². The fourth-order valence-electron chi connectivity index (χ4n) is 3.11. The Hall–Kier alpha value is -3.58. The van der Waals surface area contributed by atoms with Crippen LogP contribution in [-0.2, 0) is 0 Å². The monoisotopic (exact) mass is 436 g/mol. The Morgan fingerprint density at radius 1 is 1.16 bits per heavy atom. The fraction of sp³-hybridized carbons (Fsp3) is 0.130. The van der Waals surface area contributed by atoms with E-state index in [1.807, 2.05) is 13.0 Å². The van der Waals surface area contributed by atoms with Gasteiger partial charge < -0.3 is 4.74 Å². The molecule has 4 rings (SSSR count). The molecule has 0 atom stereocenters. The first-order chi connectivity index (χ1) is 14.9. The number of fused-ring (bicyclic) bond motifs is 1. The zero-order chi connectivity index (χ0) is 22.1. The van der Waals surface area contributed by atoms with Crippen molar-refractivity contribution >= 4 is 34.5 Å². The molecule has 0 saturated heterocycles. The van der Waals surface area contributed by atoms with Crippen molar-refractivity contribution in [3.8, 4) is 11.6 Å². The van der Waals surface area contributed by atoms with Crippen molar-refractivity contribution in [1.82, 2.24) is 19.7 Å². The zero-order valence-electron chi connectivity index (χ0n) is 17.1. The van der Waals surface area contributed by atoms with Crippen molar-refractivity contribution in [2.45, 2.75) is 13.8 Å². The Morgan fingerprint density at radius 2 is 1.90 bits per heavy atom. The number of benzene rings is 1. The van der Waals surface area contributed by atoms with E-state index in [-0.39, 0.29) is 11.2 Å². The van der Waals surface area contributed by atoms with Crippen LogP contribution in [-0.4, -0.2) is 26.9 Å². The molecule has 6 nitrogen and oxygen atoms in total. The molecular formula is C23H18ClFN4O2. The summed E-state index contributed by atoms with van der Waals surface area (Å²) in [5.74, 6) is -0.456. The van der Waals surface area contributed by atoms with E-state index in [2.05, 4.69) is 15.1 Å². The van der Waals surface area contributed by atoms with Gasteiger partial charge in [-0.05, 0) is 67.4 Å². The average molecular weight is 437 g/mol. The van der Waals surface area contributed by atoms with Crippen LogP contribution in [0.4, 0.5) is 4.39 Å². The molecule has 0 N–H and O–H groups in total. The van der Waals surface area contributed by atoms with Gasteiger partial charge in [-0.1, -0.05) is 11.6 Å². The molecule has 0 unspecified atom stereocenters. The second kappa shape index (κ2) is 8.28. The SMILES string of the molecule is COc1cc(/C=C(\F)c2nn(-c3ccc(Cl)cc3)c3cc(C)c(C)nc3c2=O)ccn1. The van der Waals surface area contributed by atoms with Gasteiger partial charge in [0.1, 0.15) is 5.52 Å². The highest BCUT2D eigenvalue weighted by atomic mass is 35.5. The Bertz CT molecular complexity index is 1380. The van der Waals surface area contributed by atoms with E-state index in [1.165, 1.54) is 24.1 Å². The molecular weight excluding hydrogens is 419 g/mol. The highest BCUT2D eigenvalue weighted by molar-refractivity contribution is 6.30. The van der Waals surface area contributed by atoms with Crippen molar-refractivity contribution in [1.29, 1.82) is 0 Å². The lowest BCUT2D eigenvalue weighted by Crippen LogP contribution is -2.19. The molecule has 0 radical (unpaired) electrons. The predicted octanol–water partition coefficient (Wildman–Crippen LogP) is 4.92. The van der Waals surface area contributed by atoms with Gasteiger partial charge in [-0.15, -0.1) is 0 Å². The minimum absolute atomic E-state index is 0.138. The second-order valence-electron chi connectivity index (χ2n) is 6.95. The van der Waals surface area contributed by atoms with Gasteiger partial charge in [0.05, 0.1) is 18.3 Å². The number of aryl methyl sites for hydroxylation is 2. The number of hydrogen-bond donors (Lipinski definition) is 0. The number of ether oxygens (including phenoxy) is 1. The number of methoxy groups -OCH3 is 1. The number of nitrogens with zero attached hydrogens (tertiary/aromatic N) is 4. The van der Waals surface area contributed by atoms with Gasteiger partial charge in [0.15, 0.2) is 11.5 Å². The molecule has 3 heterocycles. The van der Waals surface area contributed by atoms with E-state index < -0.39 is 11.3 Å². The van der Waals surface area contributed by atoms with E-state index in [0.717, 1.165) is 5.56 Å². The number of pyridine rings is 2. The number of aromatic nitrogens is 4. The molecule has 1 aromatic carbocycles. The summed E-state index contributed by atoms with van der Waals surface area (Å²) in [6.45, 7) is 3.69. The number of halogens is 2. The van der Waals surface area contributed by atoms with Gasteiger partial charge >= 0.3 is 0 Å². The molecule has 0 aliphatic carbocycles. The molecule has 0 fully saturated rings. The van der Waals surface area contributed by atoms with Crippen LogP contribution in [0.1, 0.15) is 22.5 Å². The lowest BCUT2D eigenvalue weighted by Gasteiger charge is -2.13. The molecule has 0 aliphatic rings. The van der Waals surface area contributed by atoms with Crippen LogP contribution in [0.3, 0.4) is 0 Å².